The van der Waals surface area contributed by atoms with E-state index in [1.54, 1.807) is 0 Å². The summed E-state index contributed by atoms with van der Waals surface area (Å²) >= 11 is 0. The molecule has 1 aliphatic rings. The van der Waals surface area contributed by atoms with Crippen molar-refractivity contribution in [3.63, 3.8) is 0 Å². The predicted octanol–water partition coefficient (Wildman–Crippen LogP) is 1.51. The maximum absolute atomic E-state index is 12.1. The zero-order valence-electron chi connectivity index (χ0n) is 10.5. The van der Waals surface area contributed by atoms with Crippen LogP contribution in [0.1, 0.15) is 34.8 Å². The standard InChI is InChI=1S/C14H20N2O/c1-10(15-2)9-16-14(17)13-8-4-6-11-5-3-7-12(11)13/h4,6,8,10,15H,3,5,7,9H2,1-2H3,(H,16,17). The van der Waals surface area contributed by atoms with Crippen molar-refractivity contribution in [2.24, 2.45) is 0 Å². The van der Waals surface area contributed by atoms with Gasteiger partial charge in [0.25, 0.3) is 5.91 Å². The molecule has 1 aromatic rings. The van der Waals surface area contributed by atoms with Gasteiger partial charge < -0.3 is 10.6 Å². The monoisotopic (exact) mass is 232 g/mol. The van der Waals surface area contributed by atoms with Gasteiger partial charge in [-0.05, 0) is 50.4 Å². The summed E-state index contributed by atoms with van der Waals surface area (Å²) in [6.45, 7) is 2.72. The molecule has 1 aromatic carbocycles. The molecule has 1 unspecified atom stereocenters. The van der Waals surface area contributed by atoms with Crippen molar-refractivity contribution in [2.75, 3.05) is 13.6 Å². The van der Waals surface area contributed by atoms with E-state index >= 15 is 0 Å². The van der Waals surface area contributed by atoms with Crippen LogP contribution in [0.15, 0.2) is 18.2 Å². The van der Waals surface area contributed by atoms with Gasteiger partial charge >= 0.3 is 0 Å². The Kier molecular flexibility index (Phi) is 3.79. The van der Waals surface area contributed by atoms with Crippen molar-refractivity contribution in [3.05, 3.63) is 34.9 Å². The van der Waals surface area contributed by atoms with Gasteiger partial charge in [-0.2, -0.15) is 0 Å². The molecular formula is C14H20N2O. The van der Waals surface area contributed by atoms with Gasteiger partial charge in [0.2, 0.25) is 0 Å². The third kappa shape index (κ3) is 2.67. The van der Waals surface area contributed by atoms with Gasteiger partial charge in [-0.15, -0.1) is 0 Å². The zero-order chi connectivity index (χ0) is 12.3. The van der Waals surface area contributed by atoms with Gasteiger partial charge in [0.15, 0.2) is 0 Å². The van der Waals surface area contributed by atoms with Gasteiger partial charge in [-0.25, -0.2) is 0 Å². The summed E-state index contributed by atoms with van der Waals surface area (Å²) in [6.07, 6.45) is 3.33. The second kappa shape index (κ2) is 5.32. The molecule has 1 amide bonds. The van der Waals surface area contributed by atoms with Crippen molar-refractivity contribution >= 4 is 5.91 Å². The first-order valence-electron chi connectivity index (χ1n) is 6.28. The Balaban J connectivity index is 2.07. The maximum atomic E-state index is 12.1. The number of carbonyl (C=O) groups is 1. The first-order valence-corrected chi connectivity index (χ1v) is 6.28. The van der Waals surface area contributed by atoms with Crippen LogP contribution in [0.4, 0.5) is 0 Å². The number of hydrogen-bond donors (Lipinski definition) is 2. The van der Waals surface area contributed by atoms with E-state index in [4.69, 9.17) is 0 Å². The lowest BCUT2D eigenvalue weighted by Gasteiger charge is -2.13. The van der Waals surface area contributed by atoms with E-state index in [9.17, 15) is 4.79 Å². The molecule has 0 saturated heterocycles. The average Bonchev–Trinajstić information content (AvgIpc) is 2.83. The summed E-state index contributed by atoms with van der Waals surface area (Å²) in [5.74, 6) is 0.0610. The van der Waals surface area contributed by atoms with Gasteiger partial charge in [-0.3, -0.25) is 4.79 Å². The first kappa shape index (κ1) is 12.1. The molecule has 1 aliphatic carbocycles. The van der Waals surface area contributed by atoms with Crippen molar-refractivity contribution in [1.29, 1.82) is 0 Å². The number of fused-ring (bicyclic) bond motifs is 1. The van der Waals surface area contributed by atoms with E-state index in [1.807, 2.05) is 19.2 Å². The van der Waals surface area contributed by atoms with Crippen molar-refractivity contribution in [1.82, 2.24) is 10.6 Å². The van der Waals surface area contributed by atoms with E-state index in [2.05, 4.69) is 23.6 Å². The third-order valence-corrected chi connectivity index (χ3v) is 3.45. The fourth-order valence-corrected chi connectivity index (χ4v) is 2.28. The Morgan fingerprint density at radius 2 is 2.24 bits per heavy atom. The van der Waals surface area contributed by atoms with E-state index < -0.39 is 0 Å². The largest absolute Gasteiger partial charge is 0.350 e. The fraction of sp³-hybridized carbons (Fsp3) is 0.500. The lowest BCUT2D eigenvalue weighted by Crippen LogP contribution is -2.37. The number of nitrogens with one attached hydrogen (secondary N) is 2. The molecule has 0 aromatic heterocycles. The Hall–Kier alpha value is -1.35. The van der Waals surface area contributed by atoms with Crippen LogP contribution >= 0.6 is 0 Å². The quantitative estimate of drug-likeness (QED) is 0.826. The van der Waals surface area contributed by atoms with Crippen molar-refractivity contribution in [3.8, 4) is 0 Å². The molecule has 0 radical (unpaired) electrons. The summed E-state index contributed by atoms with van der Waals surface area (Å²) in [5.41, 5.74) is 3.46. The van der Waals surface area contributed by atoms with Crippen LogP contribution in [0.2, 0.25) is 0 Å². The lowest BCUT2D eigenvalue weighted by atomic mass is 10.0. The summed E-state index contributed by atoms with van der Waals surface area (Å²) in [6, 6.07) is 6.36. The lowest BCUT2D eigenvalue weighted by molar-refractivity contribution is 0.0949. The first-order chi connectivity index (χ1) is 8.22. The fourth-order valence-electron chi connectivity index (χ4n) is 2.28. The van der Waals surface area contributed by atoms with Crippen molar-refractivity contribution in [2.45, 2.75) is 32.2 Å². The number of rotatable bonds is 4. The Morgan fingerprint density at radius 1 is 1.41 bits per heavy atom. The molecule has 3 heteroatoms. The van der Waals surface area contributed by atoms with Gasteiger partial charge in [-0.1, -0.05) is 12.1 Å². The third-order valence-electron chi connectivity index (χ3n) is 3.45. The summed E-state index contributed by atoms with van der Waals surface area (Å²) in [7, 11) is 1.90. The normalized spacial score (nSPS) is 15.4. The highest BCUT2D eigenvalue weighted by molar-refractivity contribution is 5.96. The minimum Gasteiger partial charge on any atom is -0.350 e. The van der Waals surface area contributed by atoms with Crippen molar-refractivity contribution < 1.29 is 4.79 Å². The van der Waals surface area contributed by atoms with Crippen LogP contribution in [0.5, 0.6) is 0 Å². The number of benzene rings is 1. The van der Waals surface area contributed by atoms with Crippen LogP contribution < -0.4 is 10.6 Å². The summed E-state index contributed by atoms with van der Waals surface area (Å²) < 4.78 is 0. The average molecular weight is 232 g/mol. The van der Waals surface area contributed by atoms with Crippen LogP contribution in [0, 0.1) is 0 Å². The van der Waals surface area contributed by atoms with E-state index in [0.29, 0.717) is 12.6 Å². The molecule has 0 aliphatic heterocycles. The Bertz CT molecular complexity index is 415. The molecule has 0 saturated carbocycles. The van der Waals surface area contributed by atoms with Crippen LogP contribution in [0.25, 0.3) is 0 Å². The summed E-state index contributed by atoms with van der Waals surface area (Å²) in [5, 5.41) is 6.09. The highest BCUT2D eigenvalue weighted by atomic mass is 16.1. The number of hydrogen-bond acceptors (Lipinski definition) is 2. The van der Waals surface area contributed by atoms with E-state index in [1.165, 1.54) is 17.5 Å². The molecule has 2 rings (SSSR count). The predicted molar refractivity (Wildman–Crippen MR) is 69.3 cm³/mol. The van der Waals surface area contributed by atoms with E-state index in [0.717, 1.165) is 18.4 Å². The molecule has 0 spiro atoms. The number of aryl methyl sites for hydroxylation is 1. The summed E-state index contributed by atoms with van der Waals surface area (Å²) in [4.78, 5) is 12.1. The molecule has 92 valence electrons. The Morgan fingerprint density at radius 3 is 3.00 bits per heavy atom. The number of amides is 1. The van der Waals surface area contributed by atoms with Crippen LogP contribution in [-0.4, -0.2) is 25.5 Å². The molecule has 17 heavy (non-hydrogen) atoms. The molecular weight excluding hydrogens is 212 g/mol. The minimum atomic E-state index is 0.0610. The highest BCUT2D eigenvalue weighted by Crippen LogP contribution is 2.24. The Labute approximate surface area is 103 Å². The van der Waals surface area contributed by atoms with Gasteiger partial charge in [0, 0.05) is 18.2 Å². The van der Waals surface area contributed by atoms with Crippen LogP contribution in [0.3, 0.4) is 0 Å². The molecule has 0 bridgehead atoms. The molecule has 2 N–H and O–H groups in total. The zero-order valence-corrected chi connectivity index (χ0v) is 10.5. The molecule has 3 nitrogen and oxygen atoms in total. The molecule has 0 fully saturated rings. The molecule has 0 heterocycles. The van der Waals surface area contributed by atoms with Gasteiger partial charge in [0.05, 0.1) is 0 Å². The van der Waals surface area contributed by atoms with Crippen LogP contribution in [-0.2, 0) is 12.8 Å². The topological polar surface area (TPSA) is 41.1 Å². The second-order valence-electron chi connectivity index (χ2n) is 4.70. The maximum Gasteiger partial charge on any atom is 0.251 e. The minimum absolute atomic E-state index is 0.0610. The number of likely N-dealkylation sites (N-methyl/N-ethyl adjacent to an activating group) is 1. The van der Waals surface area contributed by atoms with Gasteiger partial charge in [0.1, 0.15) is 0 Å². The SMILES string of the molecule is CNC(C)CNC(=O)c1cccc2c1CCC2. The molecule has 1 atom stereocenters. The van der Waals surface area contributed by atoms with E-state index in [-0.39, 0.29) is 5.91 Å². The second-order valence-corrected chi connectivity index (χ2v) is 4.70. The highest BCUT2D eigenvalue weighted by Gasteiger charge is 2.18. The number of carbonyl (C=O) groups excluding carboxylic acids is 1. The smallest absolute Gasteiger partial charge is 0.251 e.